The molecule has 0 bridgehead atoms. The molecule has 0 heterocycles. The summed E-state index contributed by atoms with van der Waals surface area (Å²) >= 11 is 0. The van der Waals surface area contributed by atoms with Crippen molar-refractivity contribution in [3.8, 4) is 0 Å². The Morgan fingerprint density at radius 3 is 1.91 bits per heavy atom. The molecular formula is C21H18O2. The molecule has 114 valence electrons. The van der Waals surface area contributed by atoms with Gasteiger partial charge in [0.05, 0.1) is 0 Å². The van der Waals surface area contributed by atoms with E-state index >= 15 is 0 Å². The lowest BCUT2D eigenvalue weighted by molar-refractivity contribution is 0.0485. The van der Waals surface area contributed by atoms with Crippen molar-refractivity contribution >= 4 is 5.78 Å². The van der Waals surface area contributed by atoms with Crippen LogP contribution in [0.25, 0.3) is 0 Å². The molecule has 0 aliphatic heterocycles. The van der Waals surface area contributed by atoms with Gasteiger partial charge >= 0.3 is 0 Å². The van der Waals surface area contributed by atoms with Crippen molar-refractivity contribution in [2.75, 3.05) is 0 Å². The average molecular weight is 302 g/mol. The summed E-state index contributed by atoms with van der Waals surface area (Å²) in [5.74, 6) is -0.321. The molecule has 0 radical (unpaired) electrons. The third-order valence-corrected chi connectivity index (χ3v) is 4.09. The van der Waals surface area contributed by atoms with Gasteiger partial charge in [0.25, 0.3) is 0 Å². The largest absolute Gasteiger partial charge is 0.373 e. The maximum atomic E-state index is 13.2. The van der Waals surface area contributed by atoms with Crippen LogP contribution < -0.4 is 0 Å². The van der Waals surface area contributed by atoms with Gasteiger partial charge in [-0.25, -0.2) is 0 Å². The summed E-state index contributed by atoms with van der Waals surface area (Å²) in [5.41, 5.74) is 0.849. The maximum absolute atomic E-state index is 13.2. The average Bonchev–Trinajstić information content (AvgIpc) is 2.62. The van der Waals surface area contributed by atoms with Crippen LogP contribution in [-0.4, -0.2) is 10.9 Å². The van der Waals surface area contributed by atoms with Gasteiger partial charge in [-0.1, -0.05) is 84.9 Å². The fourth-order valence-electron chi connectivity index (χ4n) is 2.87. The van der Waals surface area contributed by atoms with Crippen LogP contribution in [-0.2, 0) is 5.60 Å². The number of aryl methyl sites for hydroxylation is 1. The van der Waals surface area contributed by atoms with Crippen molar-refractivity contribution in [1.82, 2.24) is 0 Å². The molecule has 3 aromatic rings. The lowest BCUT2D eigenvalue weighted by Gasteiger charge is -2.29. The maximum Gasteiger partial charge on any atom is 0.203 e. The summed E-state index contributed by atoms with van der Waals surface area (Å²) in [7, 11) is 0. The van der Waals surface area contributed by atoms with Crippen molar-refractivity contribution in [3.63, 3.8) is 0 Å². The number of ketones is 1. The molecular weight excluding hydrogens is 284 g/mol. The minimum absolute atomic E-state index is 0.321. The van der Waals surface area contributed by atoms with Gasteiger partial charge in [0.1, 0.15) is 0 Å². The van der Waals surface area contributed by atoms with Crippen LogP contribution in [0.3, 0.4) is 0 Å². The van der Waals surface area contributed by atoms with Crippen LogP contribution in [0.15, 0.2) is 84.9 Å². The minimum Gasteiger partial charge on any atom is -0.373 e. The second-order valence-electron chi connectivity index (χ2n) is 5.59. The fourth-order valence-corrected chi connectivity index (χ4v) is 2.87. The third kappa shape index (κ3) is 2.69. The zero-order valence-corrected chi connectivity index (χ0v) is 12.9. The van der Waals surface area contributed by atoms with Crippen LogP contribution in [0.4, 0.5) is 0 Å². The number of aliphatic hydroxyl groups is 1. The lowest BCUT2D eigenvalue weighted by atomic mass is 9.78. The summed E-state index contributed by atoms with van der Waals surface area (Å²) in [6, 6.07) is 25.5. The molecule has 3 rings (SSSR count). The molecule has 23 heavy (non-hydrogen) atoms. The predicted molar refractivity (Wildman–Crippen MR) is 91.4 cm³/mol. The Labute approximate surface area is 136 Å². The highest BCUT2D eigenvalue weighted by Gasteiger charge is 2.41. The minimum atomic E-state index is -1.70. The van der Waals surface area contributed by atoms with Crippen molar-refractivity contribution in [3.05, 3.63) is 107 Å². The van der Waals surface area contributed by atoms with Crippen LogP contribution in [0.2, 0.25) is 0 Å². The number of benzene rings is 3. The summed E-state index contributed by atoms with van der Waals surface area (Å²) < 4.78 is 0. The predicted octanol–water partition coefficient (Wildman–Crippen LogP) is 4.11. The number of carbonyl (C=O) groups is 1. The first-order chi connectivity index (χ1) is 11.1. The molecule has 0 amide bonds. The van der Waals surface area contributed by atoms with Crippen molar-refractivity contribution in [2.45, 2.75) is 12.5 Å². The molecule has 2 nitrogen and oxygen atoms in total. The Hall–Kier alpha value is -2.71. The quantitative estimate of drug-likeness (QED) is 0.736. The number of rotatable bonds is 4. The van der Waals surface area contributed by atoms with Crippen LogP contribution in [0, 0.1) is 6.92 Å². The second kappa shape index (κ2) is 6.19. The first-order valence-corrected chi connectivity index (χ1v) is 7.58. The Morgan fingerprint density at radius 1 is 0.783 bits per heavy atom. The van der Waals surface area contributed by atoms with Crippen LogP contribution >= 0.6 is 0 Å². The van der Waals surface area contributed by atoms with E-state index in [9.17, 15) is 9.90 Å². The molecule has 0 aromatic heterocycles. The van der Waals surface area contributed by atoms with E-state index in [0.717, 1.165) is 5.56 Å². The third-order valence-electron chi connectivity index (χ3n) is 4.09. The van der Waals surface area contributed by atoms with E-state index in [1.807, 2.05) is 55.5 Å². The van der Waals surface area contributed by atoms with E-state index in [-0.39, 0.29) is 5.78 Å². The van der Waals surface area contributed by atoms with Crippen molar-refractivity contribution in [1.29, 1.82) is 0 Å². The Balaban J connectivity index is 2.23. The standard InChI is InChI=1S/C21H18O2/c1-16-10-8-9-15-19(16)21(23,18-13-6-3-7-14-18)20(22)17-11-4-2-5-12-17/h2-15,23H,1H3. The molecule has 0 saturated heterocycles. The molecule has 2 heteroatoms. The van der Waals surface area contributed by atoms with E-state index in [1.54, 1.807) is 36.4 Å². The monoisotopic (exact) mass is 302 g/mol. The molecule has 0 spiro atoms. The van der Waals surface area contributed by atoms with Crippen LogP contribution in [0.5, 0.6) is 0 Å². The normalized spacial score (nSPS) is 13.3. The first-order valence-electron chi connectivity index (χ1n) is 7.58. The van der Waals surface area contributed by atoms with Gasteiger partial charge in [0, 0.05) is 5.56 Å². The lowest BCUT2D eigenvalue weighted by Crippen LogP contribution is -2.37. The summed E-state index contributed by atoms with van der Waals surface area (Å²) in [6.07, 6.45) is 0. The molecule has 1 unspecified atom stereocenters. The zero-order valence-electron chi connectivity index (χ0n) is 12.9. The zero-order chi connectivity index (χ0) is 16.3. The summed E-state index contributed by atoms with van der Waals surface area (Å²) in [6.45, 7) is 1.90. The second-order valence-corrected chi connectivity index (χ2v) is 5.59. The van der Waals surface area contributed by atoms with E-state index < -0.39 is 5.60 Å². The molecule has 3 aromatic carbocycles. The summed E-state index contributed by atoms with van der Waals surface area (Å²) in [5, 5.41) is 11.5. The number of carbonyl (C=O) groups excluding carboxylic acids is 1. The van der Waals surface area contributed by atoms with E-state index in [4.69, 9.17) is 0 Å². The van der Waals surface area contributed by atoms with Crippen LogP contribution in [0.1, 0.15) is 27.0 Å². The molecule has 0 saturated carbocycles. The molecule has 0 aliphatic rings. The topological polar surface area (TPSA) is 37.3 Å². The molecule has 0 fully saturated rings. The van der Waals surface area contributed by atoms with Gasteiger partial charge in [-0.15, -0.1) is 0 Å². The first kappa shape index (κ1) is 15.2. The van der Waals surface area contributed by atoms with E-state index in [1.165, 1.54) is 0 Å². The highest BCUT2D eigenvalue weighted by Crippen LogP contribution is 2.35. The Morgan fingerprint density at radius 2 is 1.30 bits per heavy atom. The highest BCUT2D eigenvalue weighted by molar-refractivity contribution is 6.05. The number of Topliss-reactive ketones (excluding diaryl/α,β-unsaturated/α-hetero) is 1. The molecule has 1 atom stereocenters. The molecule has 0 aliphatic carbocycles. The Bertz CT molecular complexity index is 810. The van der Waals surface area contributed by atoms with E-state index in [2.05, 4.69) is 0 Å². The van der Waals surface area contributed by atoms with Gasteiger partial charge in [0.2, 0.25) is 5.78 Å². The van der Waals surface area contributed by atoms with Gasteiger partial charge < -0.3 is 5.11 Å². The van der Waals surface area contributed by atoms with Gasteiger partial charge in [-0.3, -0.25) is 4.79 Å². The van der Waals surface area contributed by atoms with Gasteiger partial charge in [0.15, 0.2) is 5.60 Å². The molecule has 1 N–H and O–H groups in total. The fraction of sp³-hybridized carbons (Fsp3) is 0.0952. The van der Waals surface area contributed by atoms with E-state index in [0.29, 0.717) is 16.7 Å². The summed E-state index contributed by atoms with van der Waals surface area (Å²) in [4.78, 5) is 13.2. The number of hydrogen-bond acceptors (Lipinski definition) is 2. The van der Waals surface area contributed by atoms with Gasteiger partial charge in [-0.2, -0.15) is 0 Å². The van der Waals surface area contributed by atoms with Gasteiger partial charge in [-0.05, 0) is 23.6 Å². The van der Waals surface area contributed by atoms with Crippen molar-refractivity contribution in [2.24, 2.45) is 0 Å². The highest BCUT2D eigenvalue weighted by atomic mass is 16.3. The Kier molecular flexibility index (Phi) is 4.09. The SMILES string of the molecule is Cc1ccccc1C(O)(C(=O)c1ccccc1)c1ccccc1. The smallest absolute Gasteiger partial charge is 0.203 e. The van der Waals surface area contributed by atoms with Crippen molar-refractivity contribution < 1.29 is 9.90 Å². The number of hydrogen-bond donors (Lipinski definition) is 1.